The average Bonchev–Trinajstić information content (AvgIpc) is 2.82. The van der Waals surface area contributed by atoms with Crippen molar-refractivity contribution in [2.45, 2.75) is 38.3 Å². The third kappa shape index (κ3) is 2.94. The van der Waals surface area contributed by atoms with E-state index in [-0.39, 0.29) is 0 Å². The fourth-order valence-electron chi connectivity index (χ4n) is 2.82. The normalized spacial score (nSPS) is 17.7. The summed E-state index contributed by atoms with van der Waals surface area (Å²) in [5.41, 5.74) is 1.49. The number of anilines is 1. The molecular formula is C16H21N3S2. The molecule has 0 fully saturated rings. The molecule has 0 radical (unpaired) electrons. The van der Waals surface area contributed by atoms with Crippen LogP contribution in [0.3, 0.4) is 0 Å². The van der Waals surface area contributed by atoms with Gasteiger partial charge in [0.05, 0.1) is 5.39 Å². The van der Waals surface area contributed by atoms with Crippen molar-refractivity contribution in [3.8, 4) is 0 Å². The van der Waals surface area contributed by atoms with Crippen LogP contribution in [0.5, 0.6) is 0 Å². The molecule has 1 aliphatic rings. The second kappa shape index (κ2) is 6.36. The number of rotatable bonds is 5. The van der Waals surface area contributed by atoms with Crippen molar-refractivity contribution in [1.29, 1.82) is 0 Å². The molecule has 2 aromatic rings. The summed E-state index contributed by atoms with van der Waals surface area (Å²) in [4.78, 5) is 12.2. The largest absolute Gasteiger partial charge is 0.370 e. The van der Waals surface area contributed by atoms with E-state index < -0.39 is 0 Å². The van der Waals surface area contributed by atoms with Crippen molar-refractivity contribution >= 4 is 39.1 Å². The van der Waals surface area contributed by atoms with Crippen LogP contribution in [0, 0.1) is 5.92 Å². The van der Waals surface area contributed by atoms with Gasteiger partial charge in [-0.2, -0.15) is 0 Å². The number of thiophene rings is 1. The zero-order valence-corrected chi connectivity index (χ0v) is 14.2. The predicted molar refractivity (Wildman–Crippen MR) is 93.7 cm³/mol. The van der Waals surface area contributed by atoms with Gasteiger partial charge in [-0.25, -0.2) is 9.97 Å². The first-order chi connectivity index (χ1) is 10.2. The van der Waals surface area contributed by atoms with Gasteiger partial charge in [-0.3, -0.25) is 0 Å². The second-order valence-corrected chi connectivity index (χ2v) is 7.59. The fourth-order valence-corrected chi connectivity index (χ4v) is 4.84. The van der Waals surface area contributed by atoms with Gasteiger partial charge in [-0.05, 0) is 37.7 Å². The number of nitrogens with zero attached hydrogens (tertiary/aromatic N) is 2. The number of hydrogen-bond acceptors (Lipinski definition) is 5. The third-order valence-electron chi connectivity index (χ3n) is 3.81. The molecule has 0 saturated carbocycles. The summed E-state index contributed by atoms with van der Waals surface area (Å²) in [6.07, 6.45) is 5.53. The molecule has 0 amide bonds. The van der Waals surface area contributed by atoms with E-state index in [9.17, 15) is 0 Å². The molecule has 0 aromatic carbocycles. The Morgan fingerprint density at radius 1 is 1.48 bits per heavy atom. The summed E-state index contributed by atoms with van der Waals surface area (Å²) in [7, 11) is 0. The van der Waals surface area contributed by atoms with Gasteiger partial charge >= 0.3 is 0 Å². The average molecular weight is 319 g/mol. The lowest BCUT2D eigenvalue weighted by atomic mass is 9.89. The van der Waals surface area contributed by atoms with E-state index in [4.69, 9.17) is 9.97 Å². The monoisotopic (exact) mass is 319 g/mol. The number of thioether (sulfide) groups is 1. The van der Waals surface area contributed by atoms with Crippen molar-refractivity contribution < 1.29 is 0 Å². The van der Waals surface area contributed by atoms with E-state index in [0.29, 0.717) is 0 Å². The zero-order chi connectivity index (χ0) is 14.8. The summed E-state index contributed by atoms with van der Waals surface area (Å²) in [6, 6.07) is 0. The van der Waals surface area contributed by atoms with Crippen LogP contribution in [0.2, 0.25) is 0 Å². The highest BCUT2D eigenvalue weighted by molar-refractivity contribution is 7.99. The highest BCUT2D eigenvalue weighted by Gasteiger charge is 2.23. The van der Waals surface area contributed by atoms with Gasteiger partial charge in [0.15, 0.2) is 5.16 Å². The molecule has 1 aliphatic carbocycles. The van der Waals surface area contributed by atoms with Crippen molar-refractivity contribution in [3.63, 3.8) is 0 Å². The minimum atomic E-state index is 0.788. The molecule has 0 spiro atoms. The molecule has 1 N–H and O–H groups in total. The molecule has 5 heteroatoms. The van der Waals surface area contributed by atoms with Gasteiger partial charge in [0.25, 0.3) is 0 Å². The van der Waals surface area contributed by atoms with Crippen LogP contribution in [-0.4, -0.2) is 22.3 Å². The second-order valence-electron chi connectivity index (χ2n) is 5.52. The summed E-state index contributed by atoms with van der Waals surface area (Å²) in [5.74, 6) is 2.65. The lowest BCUT2D eigenvalue weighted by molar-refractivity contribution is 0.509. The Bertz CT molecular complexity index is 663. The Kier molecular flexibility index (Phi) is 4.50. The van der Waals surface area contributed by atoms with Crippen molar-refractivity contribution in [3.05, 3.63) is 23.1 Å². The Morgan fingerprint density at radius 3 is 3.10 bits per heavy atom. The van der Waals surface area contributed by atoms with Crippen LogP contribution in [-0.2, 0) is 12.8 Å². The van der Waals surface area contributed by atoms with E-state index in [1.165, 1.54) is 28.7 Å². The van der Waals surface area contributed by atoms with E-state index >= 15 is 0 Å². The lowest BCUT2D eigenvalue weighted by Gasteiger charge is -2.18. The molecule has 3 rings (SSSR count). The third-order valence-corrected chi connectivity index (χ3v) is 5.80. The SMILES string of the molecule is C=CCSc1nc(NCC)c2c3c(sc2n1)CC(C)CC3. The van der Waals surface area contributed by atoms with E-state index in [1.807, 2.05) is 17.4 Å². The Hall–Kier alpha value is -1.07. The van der Waals surface area contributed by atoms with Gasteiger partial charge in [0.2, 0.25) is 0 Å². The molecular weight excluding hydrogens is 298 g/mol. The first-order valence-electron chi connectivity index (χ1n) is 7.52. The van der Waals surface area contributed by atoms with Crippen molar-refractivity contribution in [1.82, 2.24) is 9.97 Å². The minimum Gasteiger partial charge on any atom is -0.370 e. The van der Waals surface area contributed by atoms with Gasteiger partial charge in [-0.1, -0.05) is 24.8 Å². The number of fused-ring (bicyclic) bond motifs is 3. The maximum Gasteiger partial charge on any atom is 0.191 e. The highest BCUT2D eigenvalue weighted by atomic mass is 32.2. The zero-order valence-electron chi connectivity index (χ0n) is 12.6. The lowest BCUT2D eigenvalue weighted by Crippen LogP contribution is -2.09. The number of aryl methyl sites for hydroxylation is 1. The van der Waals surface area contributed by atoms with Gasteiger partial charge < -0.3 is 5.32 Å². The van der Waals surface area contributed by atoms with Gasteiger partial charge in [-0.15, -0.1) is 17.9 Å². The topological polar surface area (TPSA) is 37.8 Å². The summed E-state index contributed by atoms with van der Waals surface area (Å²) in [6.45, 7) is 9.12. The van der Waals surface area contributed by atoms with E-state index in [0.717, 1.165) is 40.4 Å². The highest BCUT2D eigenvalue weighted by Crippen LogP contribution is 2.40. The van der Waals surface area contributed by atoms with Gasteiger partial charge in [0.1, 0.15) is 10.6 Å². The van der Waals surface area contributed by atoms with Crippen LogP contribution in [0.15, 0.2) is 17.8 Å². The molecule has 1 unspecified atom stereocenters. The summed E-state index contributed by atoms with van der Waals surface area (Å²) in [5, 5.41) is 5.55. The van der Waals surface area contributed by atoms with Crippen LogP contribution < -0.4 is 5.32 Å². The molecule has 0 saturated heterocycles. The predicted octanol–water partition coefficient (Wildman–Crippen LogP) is 4.53. The molecule has 2 aromatic heterocycles. The Morgan fingerprint density at radius 2 is 2.33 bits per heavy atom. The summed E-state index contributed by atoms with van der Waals surface area (Å²) >= 11 is 3.51. The van der Waals surface area contributed by atoms with E-state index in [2.05, 4.69) is 25.7 Å². The van der Waals surface area contributed by atoms with Crippen molar-refractivity contribution in [2.75, 3.05) is 17.6 Å². The quantitative estimate of drug-likeness (QED) is 0.499. The van der Waals surface area contributed by atoms with Crippen LogP contribution in [0.25, 0.3) is 10.2 Å². The molecule has 1 atom stereocenters. The van der Waals surface area contributed by atoms with E-state index in [1.54, 1.807) is 11.8 Å². The molecule has 2 heterocycles. The van der Waals surface area contributed by atoms with Gasteiger partial charge in [0, 0.05) is 17.2 Å². The maximum absolute atomic E-state index is 4.77. The maximum atomic E-state index is 4.77. The molecule has 3 nitrogen and oxygen atoms in total. The number of hydrogen-bond donors (Lipinski definition) is 1. The molecule has 21 heavy (non-hydrogen) atoms. The molecule has 0 aliphatic heterocycles. The molecule has 0 bridgehead atoms. The molecule has 112 valence electrons. The Balaban J connectivity index is 2.10. The fraction of sp³-hybridized carbons (Fsp3) is 0.500. The first-order valence-corrected chi connectivity index (χ1v) is 9.33. The standard InChI is InChI=1S/C16H21N3S2/c1-4-8-20-16-18-14(17-5-2)13-11-7-6-10(3)9-12(11)21-15(13)19-16/h4,10H,1,5-9H2,2-3H3,(H,17,18,19). The minimum absolute atomic E-state index is 0.788. The smallest absolute Gasteiger partial charge is 0.191 e. The summed E-state index contributed by atoms with van der Waals surface area (Å²) < 4.78 is 0. The Labute approximate surface area is 134 Å². The first kappa shape index (κ1) is 14.9. The van der Waals surface area contributed by atoms with Crippen LogP contribution >= 0.6 is 23.1 Å². The van der Waals surface area contributed by atoms with Crippen LogP contribution in [0.1, 0.15) is 30.7 Å². The number of nitrogens with one attached hydrogen (secondary N) is 1. The van der Waals surface area contributed by atoms with Crippen LogP contribution in [0.4, 0.5) is 5.82 Å². The van der Waals surface area contributed by atoms with Crippen molar-refractivity contribution in [2.24, 2.45) is 5.92 Å². The number of aromatic nitrogens is 2.